The fourth-order valence-electron chi connectivity index (χ4n) is 5.68. The number of amides is 4. The molecule has 0 saturated heterocycles. The van der Waals surface area contributed by atoms with Gasteiger partial charge in [0.25, 0.3) is 23.6 Å². The number of anilines is 2. The molecule has 4 aromatic carbocycles. The Balaban J connectivity index is 1.41. The van der Waals surface area contributed by atoms with Crippen LogP contribution >= 0.6 is 0 Å². The fourth-order valence-corrected chi connectivity index (χ4v) is 5.68. The van der Waals surface area contributed by atoms with E-state index in [1.165, 1.54) is 22.0 Å². The summed E-state index contributed by atoms with van der Waals surface area (Å²) in [5.41, 5.74) is 6.32. The number of carbonyl (C=O) groups is 4. The molecule has 0 unspecified atom stereocenters. The molecular formula is C36H28N2O4. The normalized spacial score (nSPS) is 15.4. The van der Waals surface area contributed by atoms with Gasteiger partial charge in [-0.1, -0.05) is 78.9 Å². The lowest BCUT2D eigenvalue weighted by atomic mass is 9.71. The van der Waals surface area contributed by atoms with Gasteiger partial charge in [-0.25, -0.2) is 9.80 Å². The Morgan fingerprint density at radius 3 is 1.19 bits per heavy atom. The lowest BCUT2D eigenvalue weighted by Gasteiger charge is -2.33. The second-order valence-corrected chi connectivity index (χ2v) is 10.8. The van der Waals surface area contributed by atoms with Gasteiger partial charge in [0.2, 0.25) is 0 Å². The highest BCUT2D eigenvalue weighted by Crippen LogP contribution is 2.41. The summed E-state index contributed by atoms with van der Waals surface area (Å²) in [5.74, 6) is -1.34. The standard InChI is InChI=1S/C36H28N2O4/c1-23-21-32(39)37(34(23)41)30-17-13-28(14-18-30)36(3,27-11-9-26(10-12-27)25-7-5-4-6-8-25)29-15-19-31(20-16-29)38-33(40)22-24(2)35(38)42/h4-22H,1-3H3. The van der Waals surface area contributed by atoms with E-state index in [-0.39, 0.29) is 23.6 Å². The van der Waals surface area contributed by atoms with E-state index in [0.29, 0.717) is 22.5 Å². The van der Waals surface area contributed by atoms with Gasteiger partial charge in [0.05, 0.1) is 11.4 Å². The second kappa shape index (κ2) is 10.2. The number of hydrogen-bond acceptors (Lipinski definition) is 4. The van der Waals surface area contributed by atoms with Gasteiger partial charge < -0.3 is 0 Å². The third-order valence-corrected chi connectivity index (χ3v) is 8.18. The first kappa shape index (κ1) is 26.8. The van der Waals surface area contributed by atoms with E-state index in [1.807, 2.05) is 42.5 Å². The summed E-state index contributed by atoms with van der Waals surface area (Å²) in [7, 11) is 0. The smallest absolute Gasteiger partial charge is 0.261 e. The molecule has 6 nitrogen and oxygen atoms in total. The second-order valence-electron chi connectivity index (χ2n) is 10.8. The minimum atomic E-state index is -0.646. The number of hydrogen-bond donors (Lipinski definition) is 0. The van der Waals surface area contributed by atoms with Crippen molar-refractivity contribution in [1.82, 2.24) is 0 Å². The van der Waals surface area contributed by atoms with Crippen molar-refractivity contribution in [2.45, 2.75) is 26.2 Å². The summed E-state index contributed by atoms with van der Waals surface area (Å²) < 4.78 is 0. The molecule has 0 aliphatic carbocycles. The molecule has 2 heterocycles. The van der Waals surface area contributed by atoms with Crippen LogP contribution in [0.1, 0.15) is 37.5 Å². The molecule has 0 N–H and O–H groups in total. The minimum absolute atomic E-state index is 0.321. The van der Waals surface area contributed by atoms with Crippen LogP contribution in [0.3, 0.4) is 0 Å². The maximum atomic E-state index is 12.6. The van der Waals surface area contributed by atoms with Crippen molar-refractivity contribution in [3.63, 3.8) is 0 Å². The summed E-state index contributed by atoms with van der Waals surface area (Å²) in [5, 5.41) is 0. The molecule has 0 aromatic heterocycles. The third kappa shape index (κ3) is 4.38. The molecule has 6 heteroatoms. The van der Waals surface area contributed by atoms with Crippen molar-refractivity contribution in [2.24, 2.45) is 0 Å². The average Bonchev–Trinajstić information content (AvgIpc) is 3.43. The zero-order chi connectivity index (χ0) is 29.6. The molecule has 4 aromatic rings. The predicted molar refractivity (Wildman–Crippen MR) is 163 cm³/mol. The Hall–Kier alpha value is -5.36. The number of nitrogens with zero attached hydrogens (tertiary/aromatic N) is 2. The van der Waals surface area contributed by atoms with Crippen LogP contribution < -0.4 is 9.80 Å². The Morgan fingerprint density at radius 2 is 0.833 bits per heavy atom. The van der Waals surface area contributed by atoms with Crippen LogP contribution in [0.5, 0.6) is 0 Å². The van der Waals surface area contributed by atoms with E-state index in [1.54, 1.807) is 38.1 Å². The summed E-state index contributed by atoms with van der Waals surface area (Å²) in [4.78, 5) is 52.4. The maximum absolute atomic E-state index is 12.6. The topological polar surface area (TPSA) is 74.8 Å². The number of rotatable bonds is 6. The van der Waals surface area contributed by atoms with E-state index >= 15 is 0 Å². The number of carbonyl (C=O) groups excluding carboxylic acids is 4. The molecule has 0 fully saturated rings. The van der Waals surface area contributed by atoms with Crippen molar-refractivity contribution in [2.75, 3.05) is 9.80 Å². The van der Waals surface area contributed by atoms with Crippen LogP contribution in [-0.2, 0) is 24.6 Å². The number of imide groups is 2. The van der Waals surface area contributed by atoms with Crippen LogP contribution in [0.2, 0.25) is 0 Å². The lowest BCUT2D eigenvalue weighted by molar-refractivity contribution is -0.121. The predicted octanol–water partition coefficient (Wildman–Crippen LogP) is 6.35. The van der Waals surface area contributed by atoms with Crippen molar-refractivity contribution in [3.05, 3.63) is 143 Å². The summed E-state index contributed by atoms with van der Waals surface area (Å²) in [6, 6.07) is 33.4. The van der Waals surface area contributed by atoms with Gasteiger partial charge in [0.15, 0.2) is 0 Å². The van der Waals surface area contributed by atoms with Crippen LogP contribution in [0.4, 0.5) is 11.4 Å². The van der Waals surface area contributed by atoms with E-state index in [0.717, 1.165) is 27.8 Å². The molecule has 4 amide bonds. The molecule has 6 rings (SSSR count). The third-order valence-electron chi connectivity index (χ3n) is 8.18. The van der Waals surface area contributed by atoms with Crippen LogP contribution in [0.25, 0.3) is 11.1 Å². The van der Waals surface area contributed by atoms with Crippen LogP contribution in [0, 0.1) is 0 Å². The Kier molecular flexibility index (Phi) is 6.54. The van der Waals surface area contributed by atoms with Crippen LogP contribution in [0.15, 0.2) is 126 Å². The zero-order valence-corrected chi connectivity index (χ0v) is 23.5. The van der Waals surface area contributed by atoms with Gasteiger partial charge in [-0.2, -0.15) is 0 Å². The van der Waals surface area contributed by atoms with Crippen LogP contribution in [-0.4, -0.2) is 23.6 Å². The van der Waals surface area contributed by atoms with E-state index < -0.39 is 5.41 Å². The summed E-state index contributed by atoms with van der Waals surface area (Å²) in [6.07, 6.45) is 2.70. The Bertz CT molecular complexity index is 1710. The van der Waals surface area contributed by atoms with E-state index in [4.69, 9.17) is 0 Å². The molecule has 2 aliphatic rings. The molecule has 2 aliphatic heterocycles. The largest absolute Gasteiger partial charge is 0.269 e. The SMILES string of the molecule is CC1=CC(=O)N(c2ccc(C(C)(c3ccc(-c4ccccc4)cc3)c3ccc(N4C(=O)C=C(C)C4=O)cc3)cc2)C1=O. The Morgan fingerprint density at radius 1 is 0.476 bits per heavy atom. The maximum Gasteiger partial charge on any atom is 0.261 e. The fraction of sp³-hybridized carbons (Fsp3) is 0.111. The quantitative estimate of drug-likeness (QED) is 0.206. The van der Waals surface area contributed by atoms with Crippen molar-refractivity contribution in [1.29, 1.82) is 0 Å². The lowest BCUT2D eigenvalue weighted by Crippen LogP contribution is -2.31. The van der Waals surface area contributed by atoms with Crippen molar-refractivity contribution < 1.29 is 19.2 Å². The van der Waals surface area contributed by atoms with E-state index in [2.05, 4.69) is 43.3 Å². The molecule has 0 saturated carbocycles. The van der Waals surface area contributed by atoms with Gasteiger partial charge in [0, 0.05) is 28.7 Å². The molecule has 0 radical (unpaired) electrons. The molecule has 0 spiro atoms. The monoisotopic (exact) mass is 552 g/mol. The highest BCUT2D eigenvalue weighted by Gasteiger charge is 2.35. The summed E-state index contributed by atoms with van der Waals surface area (Å²) >= 11 is 0. The van der Waals surface area contributed by atoms with Crippen molar-refractivity contribution >= 4 is 35.0 Å². The first-order valence-electron chi connectivity index (χ1n) is 13.7. The molecule has 42 heavy (non-hydrogen) atoms. The van der Waals surface area contributed by atoms with Gasteiger partial charge in [0.1, 0.15) is 0 Å². The van der Waals surface area contributed by atoms with Gasteiger partial charge >= 0.3 is 0 Å². The zero-order valence-electron chi connectivity index (χ0n) is 23.5. The highest BCUT2D eigenvalue weighted by molar-refractivity contribution is 6.31. The highest BCUT2D eigenvalue weighted by atomic mass is 16.2. The summed E-state index contributed by atoms with van der Waals surface area (Å²) in [6.45, 7) is 5.38. The molecule has 0 bridgehead atoms. The molecule has 206 valence electrons. The first-order chi connectivity index (χ1) is 20.2. The van der Waals surface area contributed by atoms with Gasteiger partial charge in [-0.3, -0.25) is 19.2 Å². The average molecular weight is 553 g/mol. The molecule has 0 atom stereocenters. The van der Waals surface area contributed by atoms with Gasteiger partial charge in [-0.15, -0.1) is 0 Å². The first-order valence-corrected chi connectivity index (χ1v) is 13.7. The number of benzene rings is 4. The minimum Gasteiger partial charge on any atom is -0.269 e. The molecular weight excluding hydrogens is 524 g/mol. The van der Waals surface area contributed by atoms with E-state index in [9.17, 15) is 19.2 Å². The Labute approximate surface area is 244 Å². The van der Waals surface area contributed by atoms with Crippen molar-refractivity contribution in [3.8, 4) is 11.1 Å². The van der Waals surface area contributed by atoms with Gasteiger partial charge in [-0.05, 0) is 72.9 Å².